The highest BCUT2D eigenvalue weighted by molar-refractivity contribution is 6.33. The first-order chi connectivity index (χ1) is 9.09. The van der Waals surface area contributed by atoms with Gasteiger partial charge in [-0.05, 0) is 31.0 Å². The highest BCUT2D eigenvalue weighted by Crippen LogP contribution is 2.40. The van der Waals surface area contributed by atoms with Crippen molar-refractivity contribution in [2.24, 2.45) is 0 Å². The lowest BCUT2D eigenvalue weighted by Crippen LogP contribution is -2.22. The summed E-state index contributed by atoms with van der Waals surface area (Å²) in [7, 11) is 5.88. The number of allylic oxidation sites excluding steroid dienone is 1. The van der Waals surface area contributed by atoms with Crippen molar-refractivity contribution in [1.82, 2.24) is 5.32 Å². The van der Waals surface area contributed by atoms with Crippen molar-refractivity contribution in [3.63, 3.8) is 0 Å². The zero-order valence-corrected chi connectivity index (χ0v) is 11.7. The highest BCUT2D eigenvalue weighted by atomic mass is 16.2. The summed E-state index contributed by atoms with van der Waals surface area (Å²) in [6.07, 6.45) is 2.08. The molecule has 1 saturated heterocycles. The minimum absolute atomic E-state index is 0.107. The Bertz CT molecular complexity index is 567. The minimum Gasteiger partial charge on any atom is -0.388 e. The standard InChI is InChI=1S/C15H19N3O/c1-17(2)10-6-7-13-11(9-10)14(15(19)18(13)3)12-5-4-8-16-12/h6-7,9,16H,4-5,8H2,1-3H3/b14-12-. The predicted octanol–water partition coefficient (Wildman–Crippen LogP) is 1.82. The van der Waals surface area contributed by atoms with Gasteiger partial charge in [0, 0.05) is 44.6 Å². The van der Waals surface area contributed by atoms with Crippen molar-refractivity contribution in [2.75, 3.05) is 37.5 Å². The smallest absolute Gasteiger partial charge is 0.260 e. The molecule has 1 fully saturated rings. The molecule has 1 aromatic rings. The average Bonchev–Trinajstić information content (AvgIpc) is 2.98. The van der Waals surface area contributed by atoms with E-state index in [-0.39, 0.29) is 5.91 Å². The lowest BCUT2D eigenvalue weighted by atomic mass is 10.0. The molecule has 0 spiro atoms. The van der Waals surface area contributed by atoms with Crippen molar-refractivity contribution in [2.45, 2.75) is 12.8 Å². The summed E-state index contributed by atoms with van der Waals surface area (Å²) in [6, 6.07) is 6.20. The van der Waals surface area contributed by atoms with Gasteiger partial charge in [-0.15, -0.1) is 0 Å². The van der Waals surface area contributed by atoms with E-state index in [9.17, 15) is 4.79 Å². The van der Waals surface area contributed by atoms with E-state index in [4.69, 9.17) is 0 Å². The van der Waals surface area contributed by atoms with Crippen LogP contribution in [0, 0.1) is 0 Å². The zero-order valence-electron chi connectivity index (χ0n) is 11.7. The van der Waals surface area contributed by atoms with Crippen LogP contribution < -0.4 is 15.1 Å². The first-order valence-corrected chi connectivity index (χ1v) is 6.66. The predicted molar refractivity (Wildman–Crippen MR) is 78.3 cm³/mol. The van der Waals surface area contributed by atoms with Gasteiger partial charge in [0.1, 0.15) is 0 Å². The summed E-state index contributed by atoms with van der Waals surface area (Å²) in [4.78, 5) is 16.3. The normalized spacial score (nSPS) is 21.6. The Kier molecular flexibility index (Phi) is 2.73. The fraction of sp³-hybridized carbons (Fsp3) is 0.400. The molecule has 1 amide bonds. The molecule has 0 bridgehead atoms. The van der Waals surface area contributed by atoms with Crippen LogP contribution in [0.25, 0.3) is 5.57 Å². The van der Waals surface area contributed by atoms with Crippen LogP contribution in [-0.4, -0.2) is 33.6 Å². The fourth-order valence-electron chi connectivity index (χ4n) is 2.79. The van der Waals surface area contributed by atoms with Gasteiger partial charge in [0.25, 0.3) is 5.91 Å². The number of carbonyl (C=O) groups is 1. The van der Waals surface area contributed by atoms with Crippen molar-refractivity contribution in [1.29, 1.82) is 0 Å². The number of anilines is 2. The summed E-state index contributed by atoms with van der Waals surface area (Å²) < 4.78 is 0. The number of likely N-dealkylation sites (N-methyl/N-ethyl adjacent to an activating group) is 1. The van der Waals surface area contributed by atoms with Gasteiger partial charge in [-0.1, -0.05) is 0 Å². The van der Waals surface area contributed by atoms with E-state index in [1.54, 1.807) is 4.90 Å². The summed E-state index contributed by atoms with van der Waals surface area (Å²) in [5.41, 5.74) is 5.15. The molecule has 0 unspecified atom stereocenters. The molecule has 0 aliphatic carbocycles. The van der Waals surface area contributed by atoms with Gasteiger partial charge in [0.05, 0.1) is 11.3 Å². The SMILES string of the molecule is CN(C)c1ccc2c(c1)/C(=C1\CCCN1)C(=O)N2C. The number of hydrogen-bond donors (Lipinski definition) is 1. The molecule has 2 aliphatic heterocycles. The van der Waals surface area contributed by atoms with E-state index in [2.05, 4.69) is 22.3 Å². The number of benzene rings is 1. The Labute approximate surface area is 113 Å². The van der Waals surface area contributed by atoms with Crippen LogP contribution in [0.1, 0.15) is 18.4 Å². The fourth-order valence-corrected chi connectivity index (χ4v) is 2.79. The van der Waals surface area contributed by atoms with Gasteiger partial charge in [-0.2, -0.15) is 0 Å². The monoisotopic (exact) mass is 257 g/mol. The molecule has 0 saturated carbocycles. The molecule has 1 aromatic carbocycles. The van der Waals surface area contributed by atoms with Gasteiger partial charge in [-0.25, -0.2) is 0 Å². The third kappa shape index (κ3) is 1.79. The van der Waals surface area contributed by atoms with Crippen molar-refractivity contribution in [3.8, 4) is 0 Å². The summed E-state index contributed by atoms with van der Waals surface area (Å²) in [6.45, 7) is 0.971. The molecule has 100 valence electrons. The molecule has 2 aliphatic rings. The molecule has 0 aromatic heterocycles. The van der Waals surface area contributed by atoms with Gasteiger partial charge >= 0.3 is 0 Å². The number of amides is 1. The van der Waals surface area contributed by atoms with Gasteiger partial charge < -0.3 is 15.1 Å². The van der Waals surface area contributed by atoms with Crippen LogP contribution in [0.2, 0.25) is 0 Å². The van der Waals surface area contributed by atoms with Crippen LogP contribution in [-0.2, 0) is 4.79 Å². The summed E-state index contributed by atoms with van der Waals surface area (Å²) >= 11 is 0. The van der Waals surface area contributed by atoms with E-state index < -0.39 is 0 Å². The number of nitrogens with one attached hydrogen (secondary N) is 1. The first kappa shape index (κ1) is 12.1. The molecule has 0 atom stereocenters. The van der Waals surface area contributed by atoms with Crippen LogP contribution in [0.4, 0.5) is 11.4 Å². The second kappa shape index (κ2) is 4.30. The second-order valence-electron chi connectivity index (χ2n) is 5.34. The Balaban J connectivity index is 2.18. The summed E-state index contributed by atoms with van der Waals surface area (Å²) in [5, 5.41) is 3.36. The van der Waals surface area contributed by atoms with E-state index in [1.165, 1.54) is 0 Å². The lowest BCUT2D eigenvalue weighted by molar-refractivity contribution is -0.112. The summed E-state index contributed by atoms with van der Waals surface area (Å²) in [5.74, 6) is 0.107. The molecule has 19 heavy (non-hydrogen) atoms. The number of nitrogens with zero attached hydrogens (tertiary/aromatic N) is 2. The van der Waals surface area contributed by atoms with E-state index >= 15 is 0 Å². The maximum atomic E-state index is 12.4. The molecule has 3 rings (SSSR count). The Hall–Kier alpha value is -1.97. The lowest BCUT2D eigenvalue weighted by Gasteiger charge is -2.15. The number of rotatable bonds is 1. The van der Waals surface area contributed by atoms with Crippen molar-refractivity contribution >= 4 is 22.9 Å². The molecule has 1 N–H and O–H groups in total. The molecule has 2 heterocycles. The minimum atomic E-state index is 0.107. The van der Waals surface area contributed by atoms with Crippen LogP contribution in [0.5, 0.6) is 0 Å². The van der Waals surface area contributed by atoms with E-state index in [1.807, 2.05) is 27.2 Å². The van der Waals surface area contributed by atoms with Crippen molar-refractivity contribution < 1.29 is 4.79 Å². The molecule has 0 radical (unpaired) electrons. The maximum Gasteiger partial charge on any atom is 0.260 e. The van der Waals surface area contributed by atoms with Crippen LogP contribution >= 0.6 is 0 Å². The zero-order chi connectivity index (χ0) is 13.6. The van der Waals surface area contributed by atoms with Gasteiger partial charge in [0.15, 0.2) is 0 Å². The molecule has 4 heteroatoms. The molecule has 4 nitrogen and oxygen atoms in total. The highest BCUT2D eigenvalue weighted by Gasteiger charge is 2.33. The topological polar surface area (TPSA) is 35.6 Å². The largest absolute Gasteiger partial charge is 0.388 e. The third-order valence-electron chi connectivity index (χ3n) is 3.89. The van der Waals surface area contributed by atoms with Crippen LogP contribution in [0.15, 0.2) is 23.9 Å². The van der Waals surface area contributed by atoms with E-state index in [0.717, 1.165) is 47.6 Å². The third-order valence-corrected chi connectivity index (χ3v) is 3.89. The second-order valence-corrected chi connectivity index (χ2v) is 5.34. The first-order valence-electron chi connectivity index (χ1n) is 6.66. The number of fused-ring (bicyclic) bond motifs is 1. The number of hydrogen-bond acceptors (Lipinski definition) is 3. The Morgan fingerprint density at radius 3 is 2.74 bits per heavy atom. The maximum absolute atomic E-state index is 12.4. The van der Waals surface area contributed by atoms with Gasteiger partial charge in [0.2, 0.25) is 0 Å². The molecular formula is C15H19N3O. The Morgan fingerprint density at radius 1 is 1.32 bits per heavy atom. The molecular weight excluding hydrogens is 238 g/mol. The number of carbonyl (C=O) groups excluding carboxylic acids is 1. The Morgan fingerprint density at radius 2 is 2.11 bits per heavy atom. The average molecular weight is 257 g/mol. The van der Waals surface area contributed by atoms with E-state index in [0.29, 0.717) is 0 Å². The van der Waals surface area contributed by atoms with Crippen molar-refractivity contribution in [3.05, 3.63) is 29.5 Å². The quantitative estimate of drug-likeness (QED) is 0.780. The van der Waals surface area contributed by atoms with Gasteiger partial charge in [-0.3, -0.25) is 4.79 Å². The van der Waals surface area contributed by atoms with Crippen LogP contribution in [0.3, 0.4) is 0 Å².